The van der Waals surface area contributed by atoms with Gasteiger partial charge < -0.3 is 9.88 Å². The van der Waals surface area contributed by atoms with Crippen molar-refractivity contribution in [2.45, 2.75) is 25.8 Å². The lowest BCUT2D eigenvalue weighted by Crippen LogP contribution is -2.40. The summed E-state index contributed by atoms with van der Waals surface area (Å²) >= 11 is 1.43. The minimum Gasteiger partial charge on any atom is -0.316 e. The van der Waals surface area contributed by atoms with Crippen LogP contribution in [-0.2, 0) is 6.54 Å². The minimum atomic E-state index is -0.139. The highest BCUT2D eigenvalue weighted by molar-refractivity contribution is 7.17. The van der Waals surface area contributed by atoms with Crippen LogP contribution in [0.25, 0.3) is 21.5 Å². The third kappa shape index (κ3) is 3.49. The summed E-state index contributed by atoms with van der Waals surface area (Å²) in [6.45, 7) is 3.17. The number of benzene rings is 1. The van der Waals surface area contributed by atoms with Crippen molar-refractivity contribution in [1.82, 2.24) is 24.8 Å². The molecule has 6 rings (SSSR count). The van der Waals surface area contributed by atoms with Crippen LogP contribution in [0.15, 0.2) is 55.1 Å². The van der Waals surface area contributed by atoms with E-state index in [9.17, 15) is 4.79 Å². The highest BCUT2D eigenvalue weighted by Gasteiger charge is 2.45. The largest absolute Gasteiger partial charge is 0.316 e. The first-order chi connectivity index (χ1) is 15.7. The molecular formula is C24H24N6OS. The summed E-state index contributed by atoms with van der Waals surface area (Å²) in [7, 11) is 0. The number of amides is 1. The van der Waals surface area contributed by atoms with Gasteiger partial charge in [-0.25, -0.2) is 15.0 Å². The Hall–Kier alpha value is -3.10. The normalized spacial score (nSPS) is 22.3. The maximum absolute atomic E-state index is 13.1. The summed E-state index contributed by atoms with van der Waals surface area (Å²) in [6, 6.07) is 11.9. The Morgan fingerprint density at radius 3 is 2.84 bits per heavy atom. The number of para-hydroxylation sites is 2. The molecular weight excluding hydrogens is 420 g/mol. The number of hydrogen-bond donors (Lipinski definition) is 2. The molecule has 1 aromatic carbocycles. The Kier molecular flexibility index (Phi) is 4.77. The standard InChI is InChI=1S/C24H24N6OS/c31-22(21-6-5-20(32-21)17-11-26-15-27-12-17)29-23-28-18-3-1-2-4-19(18)30(23)13-16-9-24(10-16)7-8-25-14-24/h1-6,11-12,15-16,25H,7-10,13-14H2,(H,28,29,31). The second-order valence-corrected chi connectivity index (χ2v) is 10.1. The number of aromatic nitrogens is 4. The second-order valence-electron chi connectivity index (χ2n) is 8.98. The van der Waals surface area contributed by atoms with Crippen molar-refractivity contribution in [3.63, 3.8) is 0 Å². The average molecular weight is 445 g/mol. The van der Waals surface area contributed by atoms with E-state index < -0.39 is 0 Å². The Balaban J connectivity index is 1.24. The summed E-state index contributed by atoms with van der Waals surface area (Å²) < 4.78 is 2.19. The molecule has 1 amide bonds. The van der Waals surface area contributed by atoms with Gasteiger partial charge in [-0.1, -0.05) is 12.1 Å². The van der Waals surface area contributed by atoms with Crippen molar-refractivity contribution in [2.75, 3.05) is 18.4 Å². The van der Waals surface area contributed by atoms with Crippen molar-refractivity contribution < 1.29 is 4.79 Å². The molecule has 1 aliphatic carbocycles. The molecule has 1 aliphatic heterocycles. The number of anilines is 1. The molecule has 32 heavy (non-hydrogen) atoms. The van der Waals surface area contributed by atoms with Gasteiger partial charge in [0, 0.05) is 35.9 Å². The zero-order chi connectivity index (χ0) is 21.5. The third-order valence-corrected chi connectivity index (χ3v) is 7.90. The number of imidazole rings is 1. The summed E-state index contributed by atoms with van der Waals surface area (Å²) in [5, 5.41) is 6.59. The number of rotatable bonds is 5. The van der Waals surface area contributed by atoms with E-state index in [0.29, 0.717) is 22.2 Å². The first kappa shape index (κ1) is 19.6. The van der Waals surface area contributed by atoms with Crippen LogP contribution < -0.4 is 10.6 Å². The monoisotopic (exact) mass is 444 g/mol. The first-order valence-electron chi connectivity index (χ1n) is 11.0. The number of nitrogens with zero attached hydrogens (tertiary/aromatic N) is 4. The van der Waals surface area contributed by atoms with Crippen LogP contribution in [0.2, 0.25) is 0 Å². The van der Waals surface area contributed by atoms with Crippen LogP contribution in [0.1, 0.15) is 28.9 Å². The van der Waals surface area contributed by atoms with Gasteiger partial charge in [-0.3, -0.25) is 10.1 Å². The van der Waals surface area contributed by atoms with E-state index in [1.165, 1.54) is 36.9 Å². The zero-order valence-electron chi connectivity index (χ0n) is 17.6. The van der Waals surface area contributed by atoms with Crippen molar-refractivity contribution in [2.24, 2.45) is 11.3 Å². The van der Waals surface area contributed by atoms with E-state index in [0.717, 1.165) is 41.1 Å². The van der Waals surface area contributed by atoms with Gasteiger partial charge in [-0.15, -0.1) is 11.3 Å². The van der Waals surface area contributed by atoms with Gasteiger partial charge in [-0.2, -0.15) is 0 Å². The van der Waals surface area contributed by atoms with Gasteiger partial charge >= 0.3 is 0 Å². The van der Waals surface area contributed by atoms with Crippen molar-refractivity contribution in [1.29, 1.82) is 0 Å². The molecule has 162 valence electrons. The lowest BCUT2D eigenvalue weighted by molar-refractivity contribution is 0.0654. The van der Waals surface area contributed by atoms with Crippen LogP contribution >= 0.6 is 11.3 Å². The Bertz CT molecular complexity index is 1270. The van der Waals surface area contributed by atoms with E-state index in [1.54, 1.807) is 12.4 Å². The Morgan fingerprint density at radius 2 is 2.03 bits per heavy atom. The van der Waals surface area contributed by atoms with Crippen LogP contribution in [0.4, 0.5) is 5.95 Å². The molecule has 0 unspecified atom stereocenters. The maximum Gasteiger partial charge on any atom is 0.268 e. The molecule has 3 aromatic heterocycles. The molecule has 0 bridgehead atoms. The van der Waals surface area contributed by atoms with E-state index in [1.807, 2.05) is 30.3 Å². The van der Waals surface area contributed by atoms with Crippen LogP contribution in [0, 0.1) is 11.3 Å². The quantitative estimate of drug-likeness (QED) is 0.482. The molecule has 8 heteroatoms. The molecule has 2 aliphatic rings. The number of carbonyl (C=O) groups is 1. The highest BCUT2D eigenvalue weighted by Crippen LogP contribution is 2.50. The molecule has 2 N–H and O–H groups in total. The van der Waals surface area contributed by atoms with Crippen LogP contribution in [0.3, 0.4) is 0 Å². The number of carbonyl (C=O) groups excluding carboxylic acids is 1. The molecule has 1 spiro atoms. The molecule has 4 heterocycles. The predicted octanol–water partition coefficient (Wildman–Crippen LogP) is 4.20. The molecule has 1 saturated carbocycles. The molecule has 4 aromatic rings. The lowest BCUT2D eigenvalue weighted by Gasteiger charge is -2.45. The number of thiophene rings is 1. The maximum atomic E-state index is 13.1. The molecule has 0 atom stereocenters. The number of hydrogen-bond acceptors (Lipinski definition) is 6. The van der Waals surface area contributed by atoms with E-state index in [2.05, 4.69) is 31.2 Å². The van der Waals surface area contributed by atoms with Gasteiger partial charge in [0.15, 0.2) is 0 Å². The summed E-state index contributed by atoms with van der Waals surface area (Å²) in [6.07, 6.45) is 8.78. The third-order valence-electron chi connectivity index (χ3n) is 6.77. The molecule has 2 fully saturated rings. The fourth-order valence-electron chi connectivity index (χ4n) is 5.26. The zero-order valence-corrected chi connectivity index (χ0v) is 18.4. The Morgan fingerprint density at radius 1 is 1.19 bits per heavy atom. The molecule has 0 radical (unpaired) electrons. The van der Waals surface area contributed by atoms with Crippen molar-refractivity contribution in [3.8, 4) is 10.4 Å². The highest BCUT2D eigenvalue weighted by atomic mass is 32.1. The topological polar surface area (TPSA) is 84.7 Å². The van der Waals surface area contributed by atoms with Gasteiger partial charge in [0.1, 0.15) is 6.33 Å². The molecule has 7 nitrogen and oxygen atoms in total. The number of nitrogens with one attached hydrogen (secondary N) is 2. The van der Waals surface area contributed by atoms with Crippen molar-refractivity contribution >= 4 is 34.2 Å². The second kappa shape index (κ2) is 7.79. The first-order valence-corrected chi connectivity index (χ1v) is 11.8. The van der Waals surface area contributed by atoms with Gasteiger partial charge in [0.2, 0.25) is 5.95 Å². The summed E-state index contributed by atoms with van der Waals surface area (Å²) in [4.78, 5) is 27.6. The van der Waals surface area contributed by atoms with Gasteiger partial charge in [0.25, 0.3) is 5.91 Å². The van der Waals surface area contributed by atoms with E-state index >= 15 is 0 Å². The average Bonchev–Trinajstić information content (AvgIpc) is 3.54. The van der Waals surface area contributed by atoms with Crippen LogP contribution in [0.5, 0.6) is 0 Å². The lowest BCUT2D eigenvalue weighted by atomic mass is 9.61. The Labute approximate surface area is 189 Å². The van der Waals surface area contributed by atoms with Crippen LogP contribution in [-0.4, -0.2) is 38.5 Å². The van der Waals surface area contributed by atoms with E-state index in [4.69, 9.17) is 4.98 Å². The molecule has 1 saturated heterocycles. The van der Waals surface area contributed by atoms with Gasteiger partial charge in [0.05, 0.1) is 15.9 Å². The summed E-state index contributed by atoms with van der Waals surface area (Å²) in [5.74, 6) is 1.11. The fraction of sp³-hybridized carbons (Fsp3) is 0.333. The van der Waals surface area contributed by atoms with Crippen molar-refractivity contribution in [3.05, 3.63) is 60.0 Å². The number of fused-ring (bicyclic) bond motifs is 1. The smallest absolute Gasteiger partial charge is 0.268 e. The SMILES string of the molecule is O=C(Nc1nc2ccccc2n1CC1CC2(CCNC2)C1)c1ccc(-c2cncnc2)s1. The fourth-order valence-corrected chi connectivity index (χ4v) is 6.13. The van der Waals surface area contributed by atoms with E-state index in [-0.39, 0.29) is 5.91 Å². The summed E-state index contributed by atoms with van der Waals surface area (Å²) in [5.41, 5.74) is 3.39. The van der Waals surface area contributed by atoms with Gasteiger partial charge in [-0.05, 0) is 61.4 Å². The predicted molar refractivity (Wildman–Crippen MR) is 126 cm³/mol. The minimum absolute atomic E-state index is 0.139.